The number of amides is 2. The first kappa shape index (κ1) is 34.6. The molecular formula is C23H50N4O6S. The number of nitrogens with one attached hydrogen (secondary N) is 3. The normalized spacial score (nSPS) is 14.8. The summed E-state index contributed by atoms with van der Waals surface area (Å²) in [6, 6.07) is -0.440. The maximum absolute atomic E-state index is 11.7. The van der Waals surface area contributed by atoms with Gasteiger partial charge in [-0.1, -0.05) is 41.5 Å². The predicted octanol–water partition coefficient (Wildman–Crippen LogP) is 3.36. The molecule has 204 valence electrons. The van der Waals surface area contributed by atoms with Gasteiger partial charge in [0.05, 0.1) is 12.3 Å². The van der Waals surface area contributed by atoms with Crippen molar-refractivity contribution in [3.8, 4) is 0 Å². The standard InChI is InChI=1S/C12H26N2O4S.C11H24N2O2/c1-11(2,3)9(8-13-19(7,16)17)14-10(15)18-12(4,5)6;1-10(2,3)8(7-12)13-9(14)15-11(4,5)6/h9,13H,8H2,1-7H3,(H,14,15);8H,7,12H2,1-6H3,(H,13,14)/t9-;8-/m11/s1. The second-order valence-corrected chi connectivity index (χ2v) is 14.3. The SMILES string of the molecule is CC(C)(C)OC(=O)N[C@H](CN)C(C)(C)C.CC(C)(C)OC(=O)N[C@H](CNS(C)(=O)=O)C(C)(C)C. The molecule has 0 unspecified atom stereocenters. The minimum atomic E-state index is -3.29. The van der Waals surface area contributed by atoms with Gasteiger partial charge in [-0.05, 0) is 52.4 Å². The summed E-state index contributed by atoms with van der Waals surface area (Å²) in [4.78, 5) is 23.2. The number of carbonyl (C=O) groups is 2. The number of rotatable bonds is 6. The molecule has 0 aliphatic heterocycles. The Labute approximate surface area is 207 Å². The van der Waals surface area contributed by atoms with Gasteiger partial charge in [-0.2, -0.15) is 0 Å². The highest BCUT2D eigenvalue weighted by atomic mass is 32.2. The predicted molar refractivity (Wildman–Crippen MR) is 137 cm³/mol. The minimum Gasteiger partial charge on any atom is -0.444 e. The molecule has 0 saturated carbocycles. The van der Waals surface area contributed by atoms with E-state index in [1.54, 1.807) is 20.8 Å². The molecule has 0 radical (unpaired) electrons. The van der Waals surface area contributed by atoms with Gasteiger partial charge in [-0.25, -0.2) is 22.7 Å². The molecule has 0 aliphatic carbocycles. The van der Waals surface area contributed by atoms with Crippen LogP contribution < -0.4 is 21.1 Å². The van der Waals surface area contributed by atoms with E-state index < -0.39 is 33.4 Å². The van der Waals surface area contributed by atoms with E-state index in [1.165, 1.54) is 0 Å². The summed E-state index contributed by atoms with van der Waals surface area (Å²) in [6.07, 6.45) is 0.121. The van der Waals surface area contributed by atoms with Gasteiger partial charge >= 0.3 is 12.2 Å². The van der Waals surface area contributed by atoms with Crippen molar-refractivity contribution in [2.75, 3.05) is 19.3 Å². The third-order valence-electron chi connectivity index (χ3n) is 4.26. The third kappa shape index (κ3) is 19.8. The van der Waals surface area contributed by atoms with E-state index in [9.17, 15) is 18.0 Å². The highest BCUT2D eigenvalue weighted by molar-refractivity contribution is 7.88. The van der Waals surface area contributed by atoms with E-state index in [4.69, 9.17) is 15.2 Å². The van der Waals surface area contributed by atoms with Crippen molar-refractivity contribution in [2.45, 2.75) is 106 Å². The number of sulfonamides is 1. The van der Waals surface area contributed by atoms with Crippen molar-refractivity contribution in [3.63, 3.8) is 0 Å². The molecule has 10 nitrogen and oxygen atoms in total. The molecule has 11 heteroatoms. The largest absolute Gasteiger partial charge is 0.444 e. The van der Waals surface area contributed by atoms with Crippen LogP contribution in [0.25, 0.3) is 0 Å². The van der Waals surface area contributed by atoms with Crippen molar-refractivity contribution in [1.29, 1.82) is 0 Å². The van der Waals surface area contributed by atoms with Crippen molar-refractivity contribution in [1.82, 2.24) is 15.4 Å². The summed E-state index contributed by atoms with van der Waals surface area (Å²) in [7, 11) is -3.29. The van der Waals surface area contributed by atoms with Crippen molar-refractivity contribution >= 4 is 22.2 Å². The van der Waals surface area contributed by atoms with Crippen LogP contribution in [0.3, 0.4) is 0 Å². The van der Waals surface area contributed by atoms with E-state index in [0.29, 0.717) is 6.54 Å². The second-order valence-electron chi connectivity index (χ2n) is 12.5. The highest BCUT2D eigenvalue weighted by Gasteiger charge is 2.29. The van der Waals surface area contributed by atoms with Crippen molar-refractivity contribution < 1.29 is 27.5 Å². The fraction of sp³-hybridized carbons (Fsp3) is 0.913. The Kier molecular flexibility index (Phi) is 13.1. The summed E-state index contributed by atoms with van der Waals surface area (Å²) < 4.78 is 35.0. The fourth-order valence-corrected chi connectivity index (χ4v) is 2.81. The molecule has 0 aliphatic rings. The van der Waals surface area contributed by atoms with E-state index in [0.717, 1.165) is 6.26 Å². The maximum atomic E-state index is 11.7. The zero-order valence-corrected chi connectivity index (χ0v) is 24.3. The summed E-state index contributed by atoms with van der Waals surface area (Å²) in [5.74, 6) is 0. The smallest absolute Gasteiger partial charge is 0.407 e. The molecule has 2 amide bonds. The van der Waals surface area contributed by atoms with Gasteiger partial charge in [0.15, 0.2) is 0 Å². The van der Waals surface area contributed by atoms with Crippen LogP contribution in [0.2, 0.25) is 0 Å². The molecule has 0 aromatic heterocycles. The fourth-order valence-electron chi connectivity index (χ4n) is 2.34. The summed E-state index contributed by atoms with van der Waals surface area (Å²) in [6.45, 7) is 23.2. The van der Waals surface area contributed by atoms with Crippen LogP contribution in [-0.4, -0.2) is 63.2 Å². The lowest BCUT2D eigenvalue weighted by Gasteiger charge is -2.32. The van der Waals surface area contributed by atoms with Gasteiger partial charge in [0, 0.05) is 19.1 Å². The summed E-state index contributed by atoms with van der Waals surface area (Å²) in [5, 5.41) is 5.48. The number of alkyl carbamates (subject to hydrolysis) is 2. The van der Waals surface area contributed by atoms with Gasteiger partial charge in [-0.3, -0.25) is 0 Å². The quantitative estimate of drug-likeness (QED) is 0.428. The molecule has 0 fully saturated rings. The lowest BCUT2D eigenvalue weighted by molar-refractivity contribution is 0.0456. The first-order valence-electron chi connectivity index (χ1n) is 11.4. The van der Waals surface area contributed by atoms with Gasteiger partial charge in [0.2, 0.25) is 10.0 Å². The van der Waals surface area contributed by atoms with Crippen LogP contribution in [0.1, 0.15) is 83.1 Å². The van der Waals surface area contributed by atoms with Crippen molar-refractivity contribution in [2.24, 2.45) is 16.6 Å². The maximum Gasteiger partial charge on any atom is 0.407 e. The number of hydrogen-bond acceptors (Lipinski definition) is 7. The molecule has 2 atom stereocenters. The molecule has 0 heterocycles. The third-order valence-corrected chi connectivity index (χ3v) is 4.95. The number of ether oxygens (including phenoxy) is 2. The van der Waals surface area contributed by atoms with Crippen LogP contribution in [0.5, 0.6) is 0 Å². The van der Waals surface area contributed by atoms with E-state index in [2.05, 4.69) is 15.4 Å². The number of nitrogens with two attached hydrogens (primary N) is 1. The molecule has 0 spiro atoms. The van der Waals surface area contributed by atoms with E-state index >= 15 is 0 Å². The Balaban J connectivity index is 0. The number of carbonyl (C=O) groups excluding carboxylic acids is 2. The molecule has 0 bridgehead atoms. The Hall–Kier alpha value is -1.59. The molecular weight excluding hydrogens is 460 g/mol. The summed E-state index contributed by atoms with van der Waals surface area (Å²) in [5.41, 5.74) is 4.18. The second kappa shape index (κ2) is 12.9. The lowest BCUT2D eigenvalue weighted by Crippen LogP contribution is -2.51. The first-order valence-corrected chi connectivity index (χ1v) is 13.3. The van der Waals surface area contributed by atoms with E-state index in [-0.39, 0.29) is 29.5 Å². The Morgan fingerprint density at radius 3 is 1.29 bits per heavy atom. The Morgan fingerprint density at radius 2 is 1.06 bits per heavy atom. The van der Waals surface area contributed by atoms with Gasteiger partial charge in [-0.15, -0.1) is 0 Å². The monoisotopic (exact) mass is 510 g/mol. The van der Waals surface area contributed by atoms with Crippen LogP contribution in [0.4, 0.5) is 9.59 Å². The average Bonchev–Trinajstić information content (AvgIpc) is 2.50. The minimum absolute atomic E-state index is 0.0638. The Morgan fingerprint density at radius 1 is 0.735 bits per heavy atom. The van der Waals surface area contributed by atoms with Gasteiger partial charge < -0.3 is 25.8 Å². The topological polar surface area (TPSA) is 149 Å². The molecule has 0 aromatic carbocycles. The first-order chi connectivity index (χ1) is 14.8. The molecule has 5 N–H and O–H groups in total. The van der Waals surface area contributed by atoms with E-state index in [1.807, 2.05) is 62.3 Å². The van der Waals surface area contributed by atoms with Crippen LogP contribution in [-0.2, 0) is 19.5 Å². The number of hydrogen-bond donors (Lipinski definition) is 4. The average molecular weight is 511 g/mol. The zero-order valence-electron chi connectivity index (χ0n) is 23.5. The Bertz CT molecular complexity index is 741. The molecule has 0 aromatic rings. The highest BCUT2D eigenvalue weighted by Crippen LogP contribution is 2.20. The van der Waals surface area contributed by atoms with Gasteiger partial charge in [0.1, 0.15) is 11.2 Å². The van der Waals surface area contributed by atoms with Crippen LogP contribution in [0, 0.1) is 10.8 Å². The lowest BCUT2D eigenvalue weighted by atomic mass is 9.87. The van der Waals surface area contributed by atoms with Gasteiger partial charge in [0.25, 0.3) is 0 Å². The molecule has 34 heavy (non-hydrogen) atoms. The molecule has 0 rings (SSSR count). The van der Waals surface area contributed by atoms with Crippen molar-refractivity contribution in [3.05, 3.63) is 0 Å². The zero-order chi connectivity index (χ0) is 27.8. The van der Waals surface area contributed by atoms with Crippen LogP contribution in [0.15, 0.2) is 0 Å². The molecule has 0 saturated heterocycles. The summed E-state index contributed by atoms with van der Waals surface area (Å²) >= 11 is 0. The van der Waals surface area contributed by atoms with Crippen LogP contribution >= 0.6 is 0 Å².